The van der Waals surface area contributed by atoms with Crippen LogP contribution in [0.3, 0.4) is 0 Å². The summed E-state index contributed by atoms with van der Waals surface area (Å²) in [5.41, 5.74) is -0.330. The van der Waals surface area contributed by atoms with Gasteiger partial charge in [0.1, 0.15) is 17.6 Å². The third-order valence-electron chi connectivity index (χ3n) is 6.68. The highest BCUT2D eigenvalue weighted by Gasteiger charge is 2.29. The van der Waals surface area contributed by atoms with Gasteiger partial charge in [0.2, 0.25) is 0 Å². The topological polar surface area (TPSA) is 196 Å². The first-order valence-corrected chi connectivity index (χ1v) is 17.8. The van der Waals surface area contributed by atoms with Crippen LogP contribution in [0.25, 0.3) is 0 Å². The van der Waals surface area contributed by atoms with Gasteiger partial charge in [0, 0.05) is 44.3 Å². The minimum Gasteiger partial charge on any atom is -0.450 e. The molecule has 45 heavy (non-hydrogen) atoms. The van der Waals surface area contributed by atoms with E-state index >= 15 is 0 Å². The lowest BCUT2D eigenvalue weighted by atomic mass is 9.89. The number of rotatable bonds is 11. The Bertz CT molecular complexity index is 1380. The predicted octanol–water partition coefficient (Wildman–Crippen LogP) is 6.39. The smallest absolute Gasteiger partial charge is 0.450 e. The van der Waals surface area contributed by atoms with Crippen molar-refractivity contribution in [2.75, 3.05) is 13.2 Å². The van der Waals surface area contributed by atoms with Crippen molar-refractivity contribution in [2.24, 2.45) is 5.92 Å². The van der Waals surface area contributed by atoms with Crippen LogP contribution in [0.4, 0.5) is 25.8 Å². The normalized spacial score (nSPS) is 18.7. The van der Waals surface area contributed by atoms with Gasteiger partial charge in [0.05, 0.1) is 23.1 Å². The fraction of sp³-hybridized carbons (Fsp3) is 0.414. The van der Waals surface area contributed by atoms with Gasteiger partial charge in [-0.1, -0.05) is 25.7 Å². The Morgan fingerprint density at radius 3 is 1.93 bits per heavy atom. The van der Waals surface area contributed by atoms with Crippen LogP contribution >= 0.6 is 0 Å². The largest absolute Gasteiger partial charge is 0.514 e. The Labute approximate surface area is 259 Å². The average Bonchev–Trinajstić information content (AvgIpc) is 2.95. The third-order valence-corrected chi connectivity index (χ3v) is 8.38. The Morgan fingerprint density at radius 1 is 0.844 bits per heavy atom. The molecular formula is C29H35N3O12Si. The highest BCUT2D eigenvalue weighted by atomic mass is 28.3. The molecule has 2 aromatic carbocycles. The number of benzene rings is 2. The van der Waals surface area contributed by atoms with Crippen LogP contribution in [0.15, 0.2) is 60.7 Å². The van der Waals surface area contributed by atoms with Gasteiger partial charge in [-0.2, -0.15) is 0 Å². The van der Waals surface area contributed by atoms with E-state index in [4.69, 9.17) is 23.7 Å². The van der Waals surface area contributed by atoms with Gasteiger partial charge in [-0.3, -0.25) is 20.2 Å². The number of alkyl carbamates (subject to hydrolysis) is 1. The molecular weight excluding hydrogens is 610 g/mol. The predicted molar refractivity (Wildman–Crippen MR) is 162 cm³/mol. The molecule has 1 N–H and O–H groups in total. The molecule has 0 spiro atoms. The van der Waals surface area contributed by atoms with E-state index in [0.29, 0.717) is 12.8 Å². The number of nitro benzene ring substituents is 2. The Balaban J connectivity index is 1.62. The number of non-ortho nitro benzene ring substituents is 2. The number of nitrogens with one attached hydrogen (secondary N) is 1. The van der Waals surface area contributed by atoms with Crippen LogP contribution in [0.2, 0.25) is 25.7 Å². The van der Waals surface area contributed by atoms with E-state index in [-0.39, 0.29) is 42.5 Å². The summed E-state index contributed by atoms with van der Waals surface area (Å²) in [6, 6.07) is 10.1. The van der Waals surface area contributed by atoms with Crippen molar-refractivity contribution < 1.29 is 47.9 Å². The molecule has 16 heteroatoms. The van der Waals surface area contributed by atoms with Crippen LogP contribution in [-0.2, 0) is 14.2 Å². The lowest BCUT2D eigenvalue weighted by Gasteiger charge is -2.29. The Kier molecular flexibility index (Phi) is 12.4. The number of ether oxygens (including phenoxy) is 5. The number of nitrogens with zero attached hydrogens (tertiary/aromatic N) is 2. The fourth-order valence-electron chi connectivity index (χ4n) is 4.18. The fourth-order valence-corrected chi connectivity index (χ4v) is 4.89. The van der Waals surface area contributed by atoms with Crippen molar-refractivity contribution in [1.82, 2.24) is 5.32 Å². The molecule has 0 saturated carbocycles. The molecule has 3 rings (SSSR count). The van der Waals surface area contributed by atoms with Crippen LogP contribution < -0.4 is 14.8 Å². The quantitative estimate of drug-likeness (QED) is 0.0538. The molecule has 15 nitrogen and oxygen atoms in total. The van der Waals surface area contributed by atoms with E-state index in [0.717, 1.165) is 6.04 Å². The molecule has 0 unspecified atom stereocenters. The van der Waals surface area contributed by atoms with Gasteiger partial charge >= 0.3 is 18.4 Å². The van der Waals surface area contributed by atoms with Crippen LogP contribution in [0.5, 0.6) is 11.5 Å². The summed E-state index contributed by atoms with van der Waals surface area (Å²) in [7, 11) is -1.42. The molecule has 0 saturated heterocycles. The number of carbonyl (C=O) groups is 3. The van der Waals surface area contributed by atoms with Gasteiger partial charge in [-0.05, 0) is 55.6 Å². The molecule has 242 valence electrons. The van der Waals surface area contributed by atoms with E-state index in [9.17, 15) is 34.6 Å². The molecule has 1 amide bonds. The molecule has 0 radical (unpaired) electrons. The first-order valence-electron chi connectivity index (χ1n) is 14.1. The molecule has 1 aliphatic rings. The Hall–Kier alpha value is -4.99. The minimum absolute atomic E-state index is 0.0480. The molecule has 2 aromatic rings. The number of nitro groups is 2. The third kappa shape index (κ3) is 12.3. The monoisotopic (exact) mass is 645 g/mol. The zero-order chi connectivity index (χ0) is 33.0. The SMILES string of the molecule is C[Si](C)(C)CCOC(=O)N[C@H]1C/C=C\[C@H](OC(=O)Oc2ccc([N+](=O)[O-])cc2)CC[C@H]1COC(=O)Oc1ccc([N+](=O)[O-])cc1. The summed E-state index contributed by atoms with van der Waals surface area (Å²) in [5, 5.41) is 24.5. The molecule has 0 aliphatic heterocycles. The molecule has 1 aliphatic carbocycles. The second-order valence-corrected chi connectivity index (χ2v) is 17.0. The van der Waals surface area contributed by atoms with Crippen LogP contribution in [0.1, 0.15) is 19.3 Å². The van der Waals surface area contributed by atoms with E-state index in [1.807, 2.05) is 0 Å². The van der Waals surface area contributed by atoms with Crippen LogP contribution in [0, 0.1) is 26.1 Å². The van der Waals surface area contributed by atoms with Crippen molar-refractivity contribution in [2.45, 2.75) is 57.1 Å². The lowest BCUT2D eigenvalue weighted by molar-refractivity contribution is -0.385. The molecule has 0 fully saturated rings. The van der Waals surface area contributed by atoms with Gasteiger partial charge in [-0.15, -0.1) is 0 Å². The minimum atomic E-state index is -1.42. The van der Waals surface area contributed by atoms with E-state index in [2.05, 4.69) is 25.0 Å². The summed E-state index contributed by atoms with van der Waals surface area (Å²) < 4.78 is 26.4. The van der Waals surface area contributed by atoms with Crippen molar-refractivity contribution in [1.29, 1.82) is 0 Å². The van der Waals surface area contributed by atoms with Gasteiger partial charge in [0.25, 0.3) is 11.4 Å². The maximum atomic E-state index is 12.6. The molecule has 0 bridgehead atoms. The molecule has 3 atom stereocenters. The van der Waals surface area contributed by atoms with Crippen molar-refractivity contribution >= 4 is 37.9 Å². The zero-order valence-electron chi connectivity index (χ0n) is 25.0. The van der Waals surface area contributed by atoms with E-state index < -0.39 is 54.4 Å². The summed E-state index contributed by atoms with van der Waals surface area (Å²) in [6.45, 7) is 6.60. The second kappa shape index (κ2) is 16.2. The maximum absolute atomic E-state index is 12.6. The number of amides is 1. The number of hydrogen-bond donors (Lipinski definition) is 1. The van der Waals surface area contributed by atoms with Gasteiger partial charge in [0.15, 0.2) is 0 Å². The standard InChI is InChI=1S/C29H35N3O12Si/c1-45(2,3)18-17-40-27(33)30-26-6-4-5-23(43-29(35)44-25-15-10-22(11-16-25)32(38)39)12-7-20(26)19-41-28(34)42-24-13-8-21(9-14-24)31(36)37/h4-5,8-11,13-16,20,23,26H,6-7,12,17-19H2,1-3H3,(H,30,33)/b5-4-/t20-,23-,26-/m0/s1. The summed E-state index contributed by atoms with van der Waals surface area (Å²) in [6.07, 6.45) is 0.910. The summed E-state index contributed by atoms with van der Waals surface area (Å²) in [5.74, 6) is -0.331. The van der Waals surface area contributed by atoms with Gasteiger partial charge < -0.3 is 29.0 Å². The van der Waals surface area contributed by atoms with E-state index in [1.54, 1.807) is 12.2 Å². The lowest BCUT2D eigenvalue weighted by Crippen LogP contribution is -2.43. The first kappa shape index (κ1) is 34.5. The highest BCUT2D eigenvalue weighted by Crippen LogP contribution is 2.24. The first-order chi connectivity index (χ1) is 21.3. The Morgan fingerprint density at radius 2 is 1.40 bits per heavy atom. The second-order valence-electron chi connectivity index (χ2n) is 11.4. The highest BCUT2D eigenvalue weighted by molar-refractivity contribution is 6.76. The summed E-state index contributed by atoms with van der Waals surface area (Å²) in [4.78, 5) is 57.9. The van der Waals surface area contributed by atoms with Crippen molar-refractivity contribution in [3.05, 3.63) is 80.9 Å². The summed E-state index contributed by atoms with van der Waals surface area (Å²) >= 11 is 0. The zero-order valence-corrected chi connectivity index (χ0v) is 26.0. The van der Waals surface area contributed by atoms with Gasteiger partial charge in [-0.25, -0.2) is 14.4 Å². The number of hydrogen-bond acceptors (Lipinski definition) is 12. The average molecular weight is 646 g/mol. The molecule has 0 heterocycles. The number of carbonyl (C=O) groups excluding carboxylic acids is 3. The maximum Gasteiger partial charge on any atom is 0.514 e. The van der Waals surface area contributed by atoms with Crippen molar-refractivity contribution in [3.63, 3.8) is 0 Å². The van der Waals surface area contributed by atoms with E-state index in [1.165, 1.54) is 48.5 Å². The van der Waals surface area contributed by atoms with Crippen LogP contribution in [-0.4, -0.2) is 61.7 Å². The molecule has 0 aromatic heterocycles. The van der Waals surface area contributed by atoms with Crippen molar-refractivity contribution in [3.8, 4) is 11.5 Å².